The van der Waals surface area contributed by atoms with Crippen molar-refractivity contribution in [2.75, 3.05) is 6.54 Å². The molecule has 0 radical (unpaired) electrons. The summed E-state index contributed by atoms with van der Waals surface area (Å²) in [6.07, 6.45) is 1.25. The van der Waals surface area contributed by atoms with Crippen LogP contribution in [0, 0.1) is 12.8 Å². The molecule has 0 saturated heterocycles. The van der Waals surface area contributed by atoms with E-state index in [1.807, 2.05) is 0 Å². The molecule has 0 unspecified atom stereocenters. The van der Waals surface area contributed by atoms with Gasteiger partial charge in [0, 0.05) is 6.04 Å². The molecule has 0 saturated carbocycles. The van der Waals surface area contributed by atoms with Crippen molar-refractivity contribution in [2.24, 2.45) is 5.92 Å². The second-order valence-corrected chi connectivity index (χ2v) is 4.77. The lowest BCUT2D eigenvalue weighted by Crippen LogP contribution is -2.20. The Bertz CT molecular complexity index is 274. The molecule has 15 heavy (non-hydrogen) atoms. The lowest BCUT2D eigenvalue weighted by molar-refractivity contribution is 0.497. The Hall–Kier alpha value is -0.820. The van der Waals surface area contributed by atoms with E-state index in [0.29, 0.717) is 6.04 Å². The highest BCUT2D eigenvalue weighted by Crippen LogP contribution is 2.13. The summed E-state index contributed by atoms with van der Waals surface area (Å²) in [5.41, 5.74) is 2.71. The third-order valence-electron chi connectivity index (χ3n) is 2.75. The summed E-state index contributed by atoms with van der Waals surface area (Å²) in [7, 11) is 0. The molecular formula is C14H23N. The fraction of sp³-hybridized carbons (Fsp3) is 0.571. The van der Waals surface area contributed by atoms with Crippen LogP contribution in [0.5, 0.6) is 0 Å². The Morgan fingerprint density at radius 3 is 2.20 bits per heavy atom. The molecule has 0 aliphatic heterocycles. The maximum absolute atomic E-state index is 3.55. The maximum Gasteiger partial charge on any atom is 0.0291 e. The molecule has 0 spiro atoms. The van der Waals surface area contributed by atoms with Gasteiger partial charge in [0.2, 0.25) is 0 Å². The average Bonchev–Trinajstić information content (AvgIpc) is 2.18. The second-order valence-electron chi connectivity index (χ2n) is 4.77. The molecule has 1 atom stereocenters. The van der Waals surface area contributed by atoms with Crippen LogP contribution in [0.2, 0.25) is 0 Å². The summed E-state index contributed by atoms with van der Waals surface area (Å²) in [4.78, 5) is 0. The quantitative estimate of drug-likeness (QED) is 0.773. The number of hydrogen-bond acceptors (Lipinski definition) is 1. The summed E-state index contributed by atoms with van der Waals surface area (Å²) < 4.78 is 0. The molecule has 84 valence electrons. The molecule has 1 aromatic rings. The Balaban J connectivity index is 2.40. The van der Waals surface area contributed by atoms with Crippen LogP contribution in [0.25, 0.3) is 0 Å². The van der Waals surface area contributed by atoms with E-state index < -0.39 is 0 Å². The summed E-state index contributed by atoms with van der Waals surface area (Å²) in [6, 6.07) is 9.24. The first kappa shape index (κ1) is 12.3. The van der Waals surface area contributed by atoms with Gasteiger partial charge in [-0.05, 0) is 38.3 Å². The van der Waals surface area contributed by atoms with Crippen LogP contribution in [-0.4, -0.2) is 6.54 Å². The Morgan fingerprint density at radius 1 is 1.07 bits per heavy atom. The van der Waals surface area contributed by atoms with E-state index in [4.69, 9.17) is 0 Å². The first-order chi connectivity index (χ1) is 7.09. The summed E-state index contributed by atoms with van der Waals surface area (Å²) in [5.74, 6) is 0.780. The third-order valence-corrected chi connectivity index (χ3v) is 2.75. The summed E-state index contributed by atoms with van der Waals surface area (Å²) in [5, 5.41) is 3.55. The largest absolute Gasteiger partial charge is 0.310 e. The SMILES string of the molecule is Cc1ccc([C@@H](C)NCCC(C)C)cc1. The fourth-order valence-electron chi connectivity index (χ4n) is 1.56. The average molecular weight is 205 g/mol. The van der Waals surface area contributed by atoms with Crippen molar-refractivity contribution < 1.29 is 0 Å². The van der Waals surface area contributed by atoms with Gasteiger partial charge in [-0.3, -0.25) is 0 Å². The van der Waals surface area contributed by atoms with Gasteiger partial charge in [0.05, 0.1) is 0 Å². The van der Waals surface area contributed by atoms with E-state index in [-0.39, 0.29) is 0 Å². The van der Waals surface area contributed by atoms with Gasteiger partial charge in [0.15, 0.2) is 0 Å². The molecule has 1 rings (SSSR count). The molecule has 1 aromatic carbocycles. The number of nitrogens with one attached hydrogen (secondary N) is 1. The molecule has 1 N–H and O–H groups in total. The first-order valence-electron chi connectivity index (χ1n) is 5.89. The van der Waals surface area contributed by atoms with Crippen LogP contribution in [0.15, 0.2) is 24.3 Å². The highest BCUT2D eigenvalue weighted by Gasteiger charge is 2.03. The van der Waals surface area contributed by atoms with Gasteiger partial charge in [-0.25, -0.2) is 0 Å². The molecule has 0 aliphatic carbocycles. The smallest absolute Gasteiger partial charge is 0.0291 e. The fourth-order valence-corrected chi connectivity index (χ4v) is 1.56. The Kier molecular flexibility index (Phi) is 4.83. The number of rotatable bonds is 5. The van der Waals surface area contributed by atoms with E-state index in [0.717, 1.165) is 12.5 Å². The predicted molar refractivity (Wildman–Crippen MR) is 67.1 cm³/mol. The van der Waals surface area contributed by atoms with Gasteiger partial charge < -0.3 is 5.32 Å². The molecule has 0 bridgehead atoms. The molecule has 0 heterocycles. The van der Waals surface area contributed by atoms with Crippen molar-refractivity contribution >= 4 is 0 Å². The van der Waals surface area contributed by atoms with Crippen molar-refractivity contribution in [2.45, 2.75) is 40.2 Å². The summed E-state index contributed by atoms with van der Waals surface area (Å²) in [6.45, 7) is 9.98. The third kappa shape index (κ3) is 4.48. The minimum absolute atomic E-state index is 0.462. The minimum Gasteiger partial charge on any atom is -0.310 e. The molecule has 0 aliphatic rings. The monoisotopic (exact) mass is 205 g/mol. The van der Waals surface area contributed by atoms with Crippen molar-refractivity contribution in [1.29, 1.82) is 0 Å². The van der Waals surface area contributed by atoms with Crippen LogP contribution in [0.4, 0.5) is 0 Å². The van der Waals surface area contributed by atoms with Crippen LogP contribution < -0.4 is 5.32 Å². The van der Waals surface area contributed by atoms with Gasteiger partial charge >= 0.3 is 0 Å². The highest BCUT2D eigenvalue weighted by atomic mass is 14.9. The van der Waals surface area contributed by atoms with Crippen molar-refractivity contribution in [3.63, 3.8) is 0 Å². The van der Waals surface area contributed by atoms with E-state index in [2.05, 4.69) is 57.3 Å². The Labute approximate surface area is 93.9 Å². The number of benzene rings is 1. The number of aryl methyl sites for hydroxylation is 1. The summed E-state index contributed by atoms with van der Waals surface area (Å²) >= 11 is 0. The normalized spacial score (nSPS) is 13.1. The van der Waals surface area contributed by atoms with Crippen LogP contribution in [-0.2, 0) is 0 Å². The van der Waals surface area contributed by atoms with Gasteiger partial charge in [0.1, 0.15) is 0 Å². The van der Waals surface area contributed by atoms with E-state index in [9.17, 15) is 0 Å². The second kappa shape index (κ2) is 5.92. The molecule has 1 heteroatoms. The molecule has 1 nitrogen and oxygen atoms in total. The van der Waals surface area contributed by atoms with Crippen molar-refractivity contribution in [1.82, 2.24) is 5.32 Å². The van der Waals surface area contributed by atoms with E-state index >= 15 is 0 Å². The highest BCUT2D eigenvalue weighted by molar-refractivity contribution is 5.23. The molecule has 0 amide bonds. The molecule has 0 aromatic heterocycles. The zero-order chi connectivity index (χ0) is 11.3. The lowest BCUT2D eigenvalue weighted by Gasteiger charge is -2.15. The van der Waals surface area contributed by atoms with Crippen LogP contribution in [0.3, 0.4) is 0 Å². The van der Waals surface area contributed by atoms with Crippen LogP contribution in [0.1, 0.15) is 44.4 Å². The van der Waals surface area contributed by atoms with Crippen molar-refractivity contribution in [3.05, 3.63) is 35.4 Å². The van der Waals surface area contributed by atoms with Crippen molar-refractivity contribution in [3.8, 4) is 0 Å². The minimum atomic E-state index is 0.462. The van der Waals surface area contributed by atoms with E-state index in [1.165, 1.54) is 17.5 Å². The standard InChI is InChI=1S/C14H23N/c1-11(2)9-10-15-13(4)14-7-5-12(3)6-8-14/h5-8,11,13,15H,9-10H2,1-4H3/t13-/m1/s1. The van der Waals surface area contributed by atoms with Gasteiger partial charge in [-0.15, -0.1) is 0 Å². The number of hydrogen-bond donors (Lipinski definition) is 1. The Morgan fingerprint density at radius 2 is 1.67 bits per heavy atom. The maximum atomic E-state index is 3.55. The zero-order valence-electron chi connectivity index (χ0n) is 10.4. The van der Waals surface area contributed by atoms with Gasteiger partial charge in [-0.1, -0.05) is 43.7 Å². The molecule has 0 fully saturated rings. The predicted octanol–water partition coefficient (Wildman–Crippen LogP) is 3.69. The van der Waals surface area contributed by atoms with Gasteiger partial charge in [-0.2, -0.15) is 0 Å². The van der Waals surface area contributed by atoms with Crippen LogP contribution >= 0.6 is 0 Å². The molecular weight excluding hydrogens is 182 g/mol. The lowest BCUT2D eigenvalue weighted by atomic mass is 10.1. The topological polar surface area (TPSA) is 12.0 Å². The zero-order valence-corrected chi connectivity index (χ0v) is 10.4. The first-order valence-corrected chi connectivity index (χ1v) is 5.89. The van der Waals surface area contributed by atoms with E-state index in [1.54, 1.807) is 0 Å². The van der Waals surface area contributed by atoms with Gasteiger partial charge in [0.25, 0.3) is 0 Å².